The summed E-state index contributed by atoms with van der Waals surface area (Å²) in [7, 11) is 0. The third-order valence-corrected chi connectivity index (χ3v) is 2.72. The van der Waals surface area contributed by atoms with Crippen molar-refractivity contribution in [1.29, 1.82) is 0 Å². The molecule has 19 heavy (non-hydrogen) atoms. The van der Waals surface area contributed by atoms with Crippen molar-refractivity contribution in [2.24, 2.45) is 0 Å². The molecule has 0 aliphatic carbocycles. The molecule has 0 saturated carbocycles. The lowest BCUT2D eigenvalue weighted by atomic mass is 10.1. The third-order valence-electron chi connectivity index (χ3n) is 2.72. The molecule has 0 saturated heterocycles. The van der Waals surface area contributed by atoms with Crippen LogP contribution in [0.15, 0.2) is 24.3 Å². The van der Waals surface area contributed by atoms with Gasteiger partial charge in [0.2, 0.25) is 0 Å². The number of aryl methyl sites for hydroxylation is 1. The van der Waals surface area contributed by atoms with E-state index in [0.717, 1.165) is 0 Å². The van der Waals surface area contributed by atoms with Gasteiger partial charge < -0.3 is 10.1 Å². The van der Waals surface area contributed by atoms with Gasteiger partial charge in [0, 0.05) is 12.6 Å². The molecule has 1 N–H and O–H groups in total. The highest BCUT2D eigenvalue weighted by Gasteiger charge is 2.27. The van der Waals surface area contributed by atoms with Gasteiger partial charge in [0.05, 0.1) is 0 Å². The fourth-order valence-electron chi connectivity index (χ4n) is 1.74. The maximum atomic E-state index is 11.8. The molecule has 0 unspecified atom stereocenters. The molecule has 1 rings (SSSR count). The Morgan fingerprint density at radius 2 is 2.05 bits per heavy atom. The first-order valence-corrected chi connectivity index (χ1v) is 6.33. The van der Waals surface area contributed by atoms with Gasteiger partial charge in [0.25, 0.3) is 0 Å². The van der Waals surface area contributed by atoms with Crippen molar-refractivity contribution >= 4 is 0 Å². The van der Waals surface area contributed by atoms with Gasteiger partial charge in [-0.3, -0.25) is 0 Å². The van der Waals surface area contributed by atoms with E-state index in [2.05, 4.69) is 16.1 Å². The largest absolute Gasteiger partial charge is 0.411 e. The van der Waals surface area contributed by atoms with Crippen LogP contribution in [0.25, 0.3) is 0 Å². The zero-order valence-electron chi connectivity index (χ0n) is 11.3. The maximum absolute atomic E-state index is 11.8. The Kier molecular flexibility index (Phi) is 6.31. The Bertz CT molecular complexity index is 379. The monoisotopic (exact) mass is 275 g/mol. The molecular formula is C14H20F3NO. The van der Waals surface area contributed by atoms with Crippen molar-refractivity contribution in [1.82, 2.24) is 5.32 Å². The summed E-state index contributed by atoms with van der Waals surface area (Å²) in [6, 6.07) is 8.33. The van der Waals surface area contributed by atoms with Crippen LogP contribution in [0.2, 0.25) is 0 Å². The number of alkyl halides is 3. The summed E-state index contributed by atoms with van der Waals surface area (Å²) in [6.45, 7) is 3.65. The van der Waals surface area contributed by atoms with Crippen molar-refractivity contribution in [2.45, 2.75) is 32.5 Å². The van der Waals surface area contributed by atoms with Gasteiger partial charge >= 0.3 is 6.18 Å². The van der Waals surface area contributed by atoms with E-state index < -0.39 is 12.8 Å². The number of nitrogens with one attached hydrogen (secondary N) is 1. The van der Waals surface area contributed by atoms with Crippen LogP contribution >= 0.6 is 0 Å². The fourth-order valence-corrected chi connectivity index (χ4v) is 1.74. The molecule has 0 amide bonds. The topological polar surface area (TPSA) is 21.3 Å². The van der Waals surface area contributed by atoms with Crippen LogP contribution in [-0.4, -0.2) is 25.9 Å². The quantitative estimate of drug-likeness (QED) is 0.767. The standard InChI is InChI=1S/C14H20F3NO/c1-11-5-3-6-13(9-11)12(2)18-7-4-8-19-10-14(15,16)17/h3,5-6,9,12,18H,4,7-8,10H2,1-2H3/t12-/m1/s1. The number of hydrogen-bond acceptors (Lipinski definition) is 2. The molecule has 0 aliphatic heterocycles. The van der Waals surface area contributed by atoms with Gasteiger partial charge in [-0.15, -0.1) is 0 Å². The molecule has 0 spiro atoms. The highest BCUT2D eigenvalue weighted by molar-refractivity contribution is 5.24. The van der Waals surface area contributed by atoms with E-state index in [0.29, 0.717) is 13.0 Å². The molecule has 0 radical (unpaired) electrons. The van der Waals surface area contributed by atoms with Gasteiger partial charge in [-0.2, -0.15) is 13.2 Å². The minimum absolute atomic E-state index is 0.118. The number of benzene rings is 1. The van der Waals surface area contributed by atoms with Crippen LogP contribution < -0.4 is 5.32 Å². The molecule has 0 fully saturated rings. The molecule has 108 valence electrons. The second kappa shape index (κ2) is 7.50. The van der Waals surface area contributed by atoms with E-state index in [1.807, 2.05) is 32.0 Å². The lowest BCUT2D eigenvalue weighted by Crippen LogP contribution is -2.22. The maximum Gasteiger partial charge on any atom is 0.411 e. The number of ether oxygens (including phenoxy) is 1. The fraction of sp³-hybridized carbons (Fsp3) is 0.571. The zero-order chi connectivity index (χ0) is 14.3. The highest BCUT2D eigenvalue weighted by atomic mass is 19.4. The van der Waals surface area contributed by atoms with E-state index in [4.69, 9.17) is 0 Å². The molecule has 0 aliphatic rings. The summed E-state index contributed by atoms with van der Waals surface area (Å²) in [4.78, 5) is 0. The van der Waals surface area contributed by atoms with Crippen molar-refractivity contribution in [3.05, 3.63) is 35.4 Å². The summed E-state index contributed by atoms with van der Waals surface area (Å²) in [6.07, 6.45) is -3.67. The van der Waals surface area contributed by atoms with Crippen molar-refractivity contribution in [2.75, 3.05) is 19.8 Å². The molecular weight excluding hydrogens is 255 g/mol. The first kappa shape index (κ1) is 16.0. The second-order valence-electron chi connectivity index (χ2n) is 4.61. The SMILES string of the molecule is Cc1cccc([C@@H](C)NCCCOCC(F)(F)F)c1. The van der Waals surface area contributed by atoms with Gasteiger partial charge in [0.1, 0.15) is 6.61 Å². The van der Waals surface area contributed by atoms with Crippen LogP contribution in [0.3, 0.4) is 0 Å². The Labute approximate surface area is 112 Å². The van der Waals surface area contributed by atoms with Crippen LogP contribution in [0.1, 0.15) is 30.5 Å². The predicted octanol–water partition coefficient (Wildman–Crippen LogP) is 3.61. The smallest absolute Gasteiger partial charge is 0.372 e. The molecule has 0 aromatic heterocycles. The van der Waals surface area contributed by atoms with E-state index in [1.54, 1.807) is 0 Å². The van der Waals surface area contributed by atoms with Gasteiger partial charge in [-0.05, 0) is 32.4 Å². The first-order chi connectivity index (χ1) is 8.88. The summed E-state index contributed by atoms with van der Waals surface area (Å²) in [5.41, 5.74) is 2.37. The summed E-state index contributed by atoms with van der Waals surface area (Å²) in [5.74, 6) is 0. The molecule has 2 nitrogen and oxygen atoms in total. The molecule has 1 aromatic rings. The van der Waals surface area contributed by atoms with Crippen LogP contribution in [0.5, 0.6) is 0 Å². The Morgan fingerprint density at radius 1 is 1.32 bits per heavy atom. The summed E-state index contributed by atoms with van der Waals surface area (Å²) < 4.78 is 40.0. The van der Waals surface area contributed by atoms with Crippen LogP contribution in [-0.2, 0) is 4.74 Å². The Hall–Kier alpha value is -1.07. The second-order valence-corrected chi connectivity index (χ2v) is 4.61. The number of halogens is 3. The molecule has 0 heterocycles. The molecule has 5 heteroatoms. The average molecular weight is 275 g/mol. The average Bonchev–Trinajstić information content (AvgIpc) is 2.32. The lowest BCUT2D eigenvalue weighted by Gasteiger charge is -2.15. The zero-order valence-corrected chi connectivity index (χ0v) is 11.3. The third kappa shape index (κ3) is 7.18. The van der Waals surface area contributed by atoms with Crippen LogP contribution in [0, 0.1) is 6.92 Å². The summed E-state index contributed by atoms with van der Waals surface area (Å²) >= 11 is 0. The van der Waals surface area contributed by atoms with Crippen molar-refractivity contribution < 1.29 is 17.9 Å². The molecule has 0 bridgehead atoms. The van der Waals surface area contributed by atoms with E-state index in [9.17, 15) is 13.2 Å². The number of hydrogen-bond donors (Lipinski definition) is 1. The molecule has 1 atom stereocenters. The first-order valence-electron chi connectivity index (χ1n) is 6.33. The molecule has 1 aromatic carbocycles. The lowest BCUT2D eigenvalue weighted by molar-refractivity contribution is -0.173. The Balaban J connectivity index is 2.16. The van der Waals surface area contributed by atoms with E-state index in [1.165, 1.54) is 11.1 Å². The van der Waals surface area contributed by atoms with Gasteiger partial charge in [-0.25, -0.2) is 0 Å². The van der Waals surface area contributed by atoms with Crippen molar-refractivity contribution in [3.8, 4) is 0 Å². The predicted molar refractivity (Wildman–Crippen MR) is 69.1 cm³/mol. The van der Waals surface area contributed by atoms with Crippen molar-refractivity contribution in [3.63, 3.8) is 0 Å². The minimum Gasteiger partial charge on any atom is -0.372 e. The normalized spacial score (nSPS) is 13.5. The highest BCUT2D eigenvalue weighted by Crippen LogP contribution is 2.15. The minimum atomic E-state index is -4.23. The van der Waals surface area contributed by atoms with Crippen LogP contribution in [0.4, 0.5) is 13.2 Å². The Morgan fingerprint density at radius 3 is 2.68 bits per heavy atom. The van der Waals surface area contributed by atoms with E-state index in [-0.39, 0.29) is 12.6 Å². The van der Waals surface area contributed by atoms with Gasteiger partial charge in [-0.1, -0.05) is 29.8 Å². The summed E-state index contributed by atoms with van der Waals surface area (Å²) in [5, 5.41) is 3.26. The van der Waals surface area contributed by atoms with Gasteiger partial charge in [0.15, 0.2) is 0 Å². The van der Waals surface area contributed by atoms with E-state index >= 15 is 0 Å². The number of rotatable bonds is 7.